The zero-order valence-electron chi connectivity index (χ0n) is 10.6. The number of hydrogen-bond acceptors (Lipinski definition) is 4. The monoisotopic (exact) mass is 239 g/mol. The lowest BCUT2D eigenvalue weighted by molar-refractivity contribution is 0.589. The van der Waals surface area contributed by atoms with Gasteiger partial charge in [0.2, 0.25) is 0 Å². The van der Waals surface area contributed by atoms with Gasteiger partial charge in [0, 0.05) is 23.5 Å². The number of aromatic nitrogens is 2. The van der Waals surface area contributed by atoms with Crippen LogP contribution in [-0.2, 0) is 5.75 Å². The molecule has 16 heavy (non-hydrogen) atoms. The Morgan fingerprint density at radius 1 is 1.44 bits per heavy atom. The van der Waals surface area contributed by atoms with Gasteiger partial charge in [0.15, 0.2) is 0 Å². The number of nitrogens with one attached hydrogen (secondary N) is 1. The largest absolute Gasteiger partial charge is 0.310 e. The number of thioether (sulfide) groups is 1. The van der Waals surface area contributed by atoms with Crippen LogP contribution in [0.1, 0.15) is 43.9 Å². The first-order valence-corrected chi connectivity index (χ1v) is 6.98. The van der Waals surface area contributed by atoms with Crippen LogP contribution in [-0.4, -0.2) is 22.3 Å². The fraction of sp³-hybridized carbons (Fsp3) is 0.667. The van der Waals surface area contributed by atoms with Gasteiger partial charge in [0.1, 0.15) is 5.82 Å². The third kappa shape index (κ3) is 3.76. The minimum atomic E-state index is 0.331. The lowest BCUT2D eigenvalue weighted by Gasteiger charge is -2.14. The van der Waals surface area contributed by atoms with Crippen molar-refractivity contribution >= 4 is 11.8 Å². The summed E-state index contributed by atoms with van der Waals surface area (Å²) in [5.41, 5.74) is 2.29. The molecular formula is C12H21N3S. The molecule has 3 nitrogen and oxygen atoms in total. The molecule has 1 N–H and O–H groups in total. The first-order chi connectivity index (χ1) is 7.69. The zero-order valence-corrected chi connectivity index (χ0v) is 11.4. The van der Waals surface area contributed by atoms with Crippen molar-refractivity contribution in [1.82, 2.24) is 15.3 Å². The van der Waals surface area contributed by atoms with Gasteiger partial charge in [-0.05, 0) is 26.1 Å². The van der Waals surface area contributed by atoms with Gasteiger partial charge in [0.05, 0.1) is 5.75 Å². The van der Waals surface area contributed by atoms with Gasteiger partial charge in [-0.1, -0.05) is 13.8 Å². The van der Waals surface area contributed by atoms with E-state index in [9.17, 15) is 0 Å². The summed E-state index contributed by atoms with van der Waals surface area (Å²) in [7, 11) is 0. The van der Waals surface area contributed by atoms with Crippen LogP contribution in [0.4, 0.5) is 0 Å². The van der Waals surface area contributed by atoms with Crippen molar-refractivity contribution in [1.29, 1.82) is 0 Å². The Labute approximate surface area is 102 Å². The van der Waals surface area contributed by atoms with E-state index in [0.29, 0.717) is 6.04 Å². The van der Waals surface area contributed by atoms with Gasteiger partial charge in [-0.25, -0.2) is 9.97 Å². The zero-order chi connectivity index (χ0) is 12.0. The molecule has 0 aliphatic heterocycles. The standard InChI is InChI=1S/C12H21N3S/c1-5-13-9(3)11-7-14-12(8-16-6-2)15-10(11)4/h7,9,13H,5-6,8H2,1-4H3. The van der Waals surface area contributed by atoms with E-state index in [4.69, 9.17) is 0 Å². The molecule has 1 heterocycles. The summed E-state index contributed by atoms with van der Waals surface area (Å²) in [4.78, 5) is 8.95. The number of hydrogen-bond donors (Lipinski definition) is 1. The molecule has 0 aromatic carbocycles. The highest BCUT2D eigenvalue weighted by Crippen LogP contribution is 2.16. The Morgan fingerprint density at radius 3 is 2.75 bits per heavy atom. The highest BCUT2D eigenvalue weighted by atomic mass is 32.2. The highest BCUT2D eigenvalue weighted by Gasteiger charge is 2.09. The quantitative estimate of drug-likeness (QED) is 0.828. The summed E-state index contributed by atoms with van der Waals surface area (Å²) in [5, 5.41) is 3.38. The lowest BCUT2D eigenvalue weighted by atomic mass is 10.1. The molecule has 0 aliphatic carbocycles. The molecule has 0 saturated heterocycles. The normalized spacial score (nSPS) is 12.8. The maximum Gasteiger partial charge on any atom is 0.138 e. The fourth-order valence-corrected chi connectivity index (χ4v) is 2.15. The van der Waals surface area contributed by atoms with Crippen molar-refractivity contribution in [2.45, 2.75) is 39.5 Å². The van der Waals surface area contributed by atoms with Crippen LogP contribution in [0.5, 0.6) is 0 Å². The number of nitrogens with zero attached hydrogens (tertiary/aromatic N) is 2. The molecule has 0 bridgehead atoms. The molecule has 0 amide bonds. The summed E-state index contributed by atoms with van der Waals surface area (Å²) < 4.78 is 0. The van der Waals surface area contributed by atoms with E-state index in [-0.39, 0.29) is 0 Å². The van der Waals surface area contributed by atoms with E-state index in [1.54, 1.807) is 0 Å². The van der Waals surface area contributed by atoms with Crippen molar-refractivity contribution < 1.29 is 0 Å². The molecule has 1 aromatic rings. The summed E-state index contributed by atoms with van der Waals surface area (Å²) in [6, 6.07) is 0.331. The van der Waals surface area contributed by atoms with Crippen LogP contribution < -0.4 is 5.32 Å². The molecule has 1 unspecified atom stereocenters. The van der Waals surface area contributed by atoms with Crippen LogP contribution in [0.2, 0.25) is 0 Å². The van der Waals surface area contributed by atoms with E-state index in [0.717, 1.165) is 29.6 Å². The predicted molar refractivity (Wildman–Crippen MR) is 70.7 cm³/mol. The first kappa shape index (κ1) is 13.5. The maximum absolute atomic E-state index is 4.54. The van der Waals surface area contributed by atoms with Crippen molar-refractivity contribution in [3.63, 3.8) is 0 Å². The second kappa shape index (κ2) is 6.86. The minimum Gasteiger partial charge on any atom is -0.310 e. The average Bonchev–Trinajstić information content (AvgIpc) is 2.26. The summed E-state index contributed by atoms with van der Waals surface area (Å²) in [6.45, 7) is 9.44. The van der Waals surface area contributed by atoms with Gasteiger partial charge in [-0.15, -0.1) is 0 Å². The van der Waals surface area contributed by atoms with Crippen molar-refractivity contribution in [2.75, 3.05) is 12.3 Å². The first-order valence-electron chi connectivity index (χ1n) is 5.82. The molecule has 4 heteroatoms. The van der Waals surface area contributed by atoms with Crippen molar-refractivity contribution in [3.05, 3.63) is 23.3 Å². The second-order valence-corrected chi connectivity index (χ2v) is 5.02. The van der Waals surface area contributed by atoms with Gasteiger partial charge >= 0.3 is 0 Å². The Hall–Kier alpha value is -0.610. The number of rotatable bonds is 6. The fourth-order valence-electron chi connectivity index (χ4n) is 1.63. The summed E-state index contributed by atoms with van der Waals surface area (Å²) in [5.74, 6) is 2.96. The SMILES string of the molecule is CCNC(C)c1cnc(CSCC)nc1C. The molecule has 0 aliphatic rings. The smallest absolute Gasteiger partial charge is 0.138 e. The molecular weight excluding hydrogens is 218 g/mol. The van der Waals surface area contributed by atoms with Gasteiger partial charge < -0.3 is 5.32 Å². The lowest BCUT2D eigenvalue weighted by Crippen LogP contribution is -2.19. The molecule has 0 spiro atoms. The van der Waals surface area contributed by atoms with Gasteiger partial charge in [-0.2, -0.15) is 11.8 Å². The second-order valence-electron chi connectivity index (χ2n) is 3.74. The molecule has 1 atom stereocenters. The predicted octanol–water partition coefficient (Wildman–Crippen LogP) is 2.71. The van der Waals surface area contributed by atoms with Crippen molar-refractivity contribution in [2.24, 2.45) is 0 Å². The van der Waals surface area contributed by atoms with E-state index in [1.807, 2.05) is 18.0 Å². The Balaban J connectivity index is 2.74. The van der Waals surface area contributed by atoms with Crippen molar-refractivity contribution in [3.8, 4) is 0 Å². The Kier molecular flexibility index (Phi) is 5.77. The van der Waals surface area contributed by atoms with Crippen LogP contribution >= 0.6 is 11.8 Å². The third-order valence-electron chi connectivity index (χ3n) is 2.48. The molecule has 0 fully saturated rings. The molecule has 0 saturated carbocycles. The molecule has 90 valence electrons. The van der Waals surface area contributed by atoms with Gasteiger partial charge in [-0.3, -0.25) is 0 Å². The summed E-state index contributed by atoms with van der Waals surface area (Å²) in [6.07, 6.45) is 1.96. The van der Waals surface area contributed by atoms with Crippen LogP contribution in [0.3, 0.4) is 0 Å². The molecule has 1 rings (SSSR count). The molecule has 0 radical (unpaired) electrons. The topological polar surface area (TPSA) is 37.8 Å². The Bertz CT molecular complexity index is 328. The average molecular weight is 239 g/mol. The molecule has 1 aromatic heterocycles. The minimum absolute atomic E-state index is 0.331. The Morgan fingerprint density at radius 2 is 2.19 bits per heavy atom. The highest BCUT2D eigenvalue weighted by molar-refractivity contribution is 7.98. The van der Waals surface area contributed by atoms with Crippen LogP contribution in [0.25, 0.3) is 0 Å². The number of aryl methyl sites for hydroxylation is 1. The van der Waals surface area contributed by atoms with E-state index in [1.165, 1.54) is 5.56 Å². The third-order valence-corrected chi connectivity index (χ3v) is 3.35. The van der Waals surface area contributed by atoms with E-state index in [2.05, 4.69) is 43.0 Å². The van der Waals surface area contributed by atoms with E-state index < -0.39 is 0 Å². The van der Waals surface area contributed by atoms with E-state index >= 15 is 0 Å². The maximum atomic E-state index is 4.54. The van der Waals surface area contributed by atoms with Crippen LogP contribution in [0, 0.1) is 6.92 Å². The van der Waals surface area contributed by atoms with Gasteiger partial charge in [0.25, 0.3) is 0 Å². The van der Waals surface area contributed by atoms with Crippen LogP contribution in [0.15, 0.2) is 6.20 Å². The summed E-state index contributed by atoms with van der Waals surface area (Å²) >= 11 is 1.85.